The number of unbranched alkanes of at least 4 members (excludes halogenated alkanes) is 1. The largest absolute Gasteiger partial charge is 0.383 e. The van der Waals surface area contributed by atoms with Gasteiger partial charge in [0.15, 0.2) is 5.96 Å². The van der Waals surface area contributed by atoms with Crippen LogP contribution in [-0.2, 0) is 9.47 Å². The van der Waals surface area contributed by atoms with Crippen LogP contribution >= 0.6 is 24.0 Å². The molecule has 0 aliphatic carbocycles. The SMILES string of the molecule is CCOCCCCNC(=NC)NCCN(C)CCOC.I. The molecule has 0 heterocycles. The van der Waals surface area contributed by atoms with Gasteiger partial charge in [-0.15, -0.1) is 24.0 Å². The molecule has 0 spiro atoms. The van der Waals surface area contributed by atoms with Crippen molar-refractivity contribution in [3.05, 3.63) is 0 Å². The number of nitrogens with zero attached hydrogens (tertiary/aromatic N) is 2. The highest BCUT2D eigenvalue weighted by molar-refractivity contribution is 14.0. The first kappa shape index (κ1) is 23.2. The molecule has 21 heavy (non-hydrogen) atoms. The van der Waals surface area contributed by atoms with Crippen molar-refractivity contribution in [1.82, 2.24) is 15.5 Å². The average molecular weight is 416 g/mol. The summed E-state index contributed by atoms with van der Waals surface area (Å²) in [4.78, 5) is 6.43. The molecule has 0 rings (SSSR count). The maximum absolute atomic E-state index is 5.30. The third kappa shape index (κ3) is 16.1. The summed E-state index contributed by atoms with van der Waals surface area (Å²) in [5, 5.41) is 6.61. The van der Waals surface area contributed by atoms with Crippen LogP contribution in [0.1, 0.15) is 19.8 Å². The van der Waals surface area contributed by atoms with Crippen LogP contribution < -0.4 is 10.6 Å². The monoisotopic (exact) mass is 416 g/mol. The molecule has 0 fully saturated rings. The van der Waals surface area contributed by atoms with Crippen LogP contribution in [0.5, 0.6) is 0 Å². The van der Waals surface area contributed by atoms with E-state index >= 15 is 0 Å². The molecule has 0 saturated carbocycles. The van der Waals surface area contributed by atoms with Crippen molar-refractivity contribution in [2.24, 2.45) is 4.99 Å². The lowest BCUT2D eigenvalue weighted by Gasteiger charge is -2.17. The number of hydrogen-bond donors (Lipinski definition) is 2. The summed E-state index contributed by atoms with van der Waals surface area (Å²) in [5.74, 6) is 0.863. The van der Waals surface area contributed by atoms with E-state index in [2.05, 4.69) is 27.6 Å². The fraction of sp³-hybridized carbons (Fsp3) is 0.929. The Hall–Kier alpha value is -0.120. The number of ether oxygens (including phenoxy) is 2. The minimum atomic E-state index is 0. The summed E-state index contributed by atoms with van der Waals surface area (Å²) in [7, 11) is 5.61. The number of guanidine groups is 1. The molecule has 0 aromatic heterocycles. The van der Waals surface area contributed by atoms with E-state index in [1.54, 1.807) is 14.2 Å². The van der Waals surface area contributed by atoms with Gasteiger partial charge in [0.25, 0.3) is 0 Å². The zero-order chi connectivity index (χ0) is 15.1. The van der Waals surface area contributed by atoms with Gasteiger partial charge in [0.1, 0.15) is 0 Å². The predicted octanol–water partition coefficient (Wildman–Crippen LogP) is 1.16. The summed E-state index contributed by atoms with van der Waals surface area (Å²) < 4.78 is 10.3. The lowest BCUT2D eigenvalue weighted by molar-refractivity contribution is 0.143. The lowest BCUT2D eigenvalue weighted by atomic mass is 10.3. The first-order valence-corrected chi connectivity index (χ1v) is 7.44. The van der Waals surface area contributed by atoms with E-state index in [1.165, 1.54) is 0 Å². The topological polar surface area (TPSA) is 58.1 Å². The Kier molecular flexibility index (Phi) is 19.8. The van der Waals surface area contributed by atoms with E-state index in [4.69, 9.17) is 9.47 Å². The zero-order valence-electron chi connectivity index (χ0n) is 14.0. The molecule has 0 atom stereocenters. The van der Waals surface area contributed by atoms with Crippen molar-refractivity contribution in [3.63, 3.8) is 0 Å². The van der Waals surface area contributed by atoms with Crippen LogP contribution in [0.25, 0.3) is 0 Å². The van der Waals surface area contributed by atoms with Crippen molar-refractivity contribution in [3.8, 4) is 0 Å². The van der Waals surface area contributed by atoms with E-state index in [1.807, 2.05) is 6.92 Å². The standard InChI is InChI=1S/C14H32N4O2.HI/c1-5-20-12-7-6-8-16-14(15-2)17-9-10-18(3)11-13-19-4;/h5-13H2,1-4H3,(H2,15,16,17);1H. The summed E-state index contributed by atoms with van der Waals surface area (Å²) >= 11 is 0. The smallest absolute Gasteiger partial charge is 0.191 e. The highest BCUT2D eigenvalue weighted by Crippen LogP contribution is 1.88. The second kappa shape index (κ2) is 17.9. The highest BCUT2D eigenvalue weighted by atomic mass is 127. The van der Waals surface area contributed by atoms with Gasteiger partial charge in [-0.05, 0) is 26.8 Å². The van der Waals surface area contributed by atoms with E-state index in [0.29, 0.717) is 0 Å². The van der Waals surface area contributed by atoms with Crippen LogP contribution in [-0.4, -0.2) is 78.1 Å². The third-order valence-corrected chi connectivity index (χ3v) is 2.90. The van der Waals surface area contributed by atoms with Gasteiger partial charge in [-0.1, -0.05) is 0 Å². The molecule has 0 aliphatic heterocycles. The van der Waals surface area contributed by atoms with Crippen LogP contribution in [0.15, 0.2) is 4.99 Å². The predicted molar refractivity (Wildman–Crippen MR) is 99.9 cm³/mol. The molecule has 0 bridgehead atoms. The Labute approximate surface area is 147 Å². The number of aliphatic imine (C=N–C) groups is 1. The molecule has 0 radical (unpaired) electrons. The Balaban J connectivity index is 0. The number of methoxy groups -OCH3 is 1. The molecular formula is C14H33IN4O2. The van der Waals surface area contributed by atoms with Crippen LogP contribution in [0.2, 0.25) is 0 Å². The fourth-order valence-electron chi connectivity index (χ4n) is 1.62. The molecule has 2 N–H and O–H groups in total. The summed E-state index contributed by atoms with van der Waals surface area (Å²) in [6.07, 6.45) is 2.17. The van der Waals surface area contributed by atoms with E-state index < -0.39 is 0 Å². The van der Waals surface area contributed by atoms with Gasteiger partial charge in [-0.25, -0.2) is 0 Å². The van der Waals surface area contributed by atoms with Crippen molar-refractivity contribution in [2.45, 2.75) is 19.8 Å². The van der Waals surface area contributed by atoms with Gasteiger partial charge in [-0.3, -0.25) is 4.99 Å². The van der Waals surface area contributed by atoms with Crippen molar-refractivity contribution >= 4 is 29.9 Å². The number of nitrogens with one attached hydrogen (secondary N) is 2. The highest BCUT2D eigenvalue weighted by Gasteiger charge is 1.99. The Morgan fingerprint density at radius 2 is 1.81 bits per heavy atom. The maximum Gasteiger partial charge on any atom is 0.191 e. The molecule has 0 unspecified atom stereocenters. The Morgan fingerprint density at radius 3 is 2.43 bits per heavy atom. The lowest BCUT2D eigenvalue weighted by Crippen LogP contribution is -2.41. The van der Waals surface area contributed by atoms with E-state index in [-0.39, 0.29) is 24.0 Å². The molecular weight excluding hydrogens is 383 g/mol. The van der Waals surface area contributed by atoms with Gasteiger partial charge < -0.3 is 25.0 Å². The Morgan fingerprint density at radius 1 is 1.10 bits per heavy atom. The molecule has 0 aromatic rings. The second-order valence-electron chi connectivity index (χ2n) is 4.63. The number of halogens is 1. The average Bonchev–Trinajstić information content (AvgIpc) is 2.46. The van der Waals surface area contributed by atoms with Gasteiger partial charge in [-0.2, -0.15) is 0 Å². The maximum atomic E-state index is 5.30. The summed E-state index contributed by atoms with van der Waals surface area (Å²) in [5.41, 5.74) is 0. The van der Waals surface area contributed by atoms with Gasteiger partial charge in [0, 0.05) is 53.6 Å². The number of hydrogen-bond acceptors (Lipinski definition) is 4. The van der Waals surface area contributed by atoms with Crippen molar-refractivity contribution in [1.29, 1.82) is 0 Å². The number of likely N-dealkylation sites (N-methyl/N-ethyl adjacent to an activating group) is 1. The fourth-order valence-corrected chi connectivity index (χ4v) is 1.62. The quantitative estimate of drug-likeness (QED) is 0.217. The first-order chi connectivity index (χ1) is 9.74. The van der Waals surface area contributed by atoms with E-state index in [9.17, 15) is 0 Å². The van der Waals surface area contributed by atoms with Gasteiger partial charge >= 0.3 is 0 Å². The van der Waals surface area contributed by atoms with E-state index in [0.717, 1.165) is 64.8 Å². The molecule has 0 saturated heterocycles. The first-order valence-electron chi connectivity index (χ1n) is 7.44. The molecule has 0 aromatic carbocycles. The molecule has 6 nitrogen and oxygen atoms in total. The zero-order valence-corrected chi connectivity index (χ0v) is 16.3. The normalized spacial score (nSPS) is 11.4. The number of rotatable bonds is 12. The van der Waals surface area contributed by atoms with Crippen LogP contribution in [0.4, 0.5) is 0 Å². The minimum absolute atomic E-state index is 0. The van der Waals surface area contributed by atoms with Gasteiger partial charge in [0.05, 0.1) is 6.61 Å². The second-order valence-corrected chi connectivity index (χ2v) is 4.63. The molecule has 0 aliphatic rings. The van der Waals surface area contributed by atoms with Crippen molar-refractivity contribution in [2.75, 3.05) is 67.2 Å². The van der Waals surface area contributed by atoms with Crippen LogP contribution in [0.3, 0.4) is 0 Å². The van der Waals surface area contributed by atoms with Crippen LogP contribution in [0, 0.1) is 0 Å². The van der Waals surface area contributed by atoms with Gasteiger partial charge in [0.2, 0.25) is 0 Å². The molecule has 0 amide bonds. The summed E-state index contributed by atoms with van der Waals surface area (Å²) in [6, 6.07) is 0. The minimum Gasteiger partial charge on any atom is -0.383 e. The molecule has 128 valence electrons. The third-order valence-electron chi connectivity index (χ3n) is 2.90. The van der Waals surface area contributed by atoms with Crippen molar-refractivity contribution < 1.29 is 9.47 Å². The summed E-state index contributed by atoms with van der Waals surface area (Å²) in [6.45, 7) is 8.14. The Bertz CT molecular complexity index is 243. The molecule has 7 heteroatoms.